The fourth-order valence-electron chi connectivity index (χ4n) is 2.14. The lowest BCUT2D eigenvalue weighted by molar-refractivity contribution is 0.000811. The van der Waals surface area contributed by atoms with E-state index in [9.17, 15) is 17.2 Å². The first-order valence-corrected chi connectivity index (χ1v) is 7.50. The molecule has 0 heterocycles. The molecule has 0 aliphatic heterocycles. The lowest BCUT2D eigenvalue weighted by Gasteiger charge is -2.41. The second-order valence-electron chi connectivity index (χ2n) is 4.27. The molecule has 0 aromatic heterocycles. The average molecular weight is 281 g/mol. The minimum atomic E-state index is -3.79. The molecule has 1 aliphatic rings. The highest BCUT2D eigenvalue weighted by Gasteiger charge is 2.46. The lowest BCUT2D eigenvalue weighted by atomic mass is 9.65. The van der Waals surface area contributed by atoms with Crippen molar-refractivity contribution in [1.29, 1.82) is 0 Å². The summed E-state index contributed by atoms with van der Waals surface area (Å²) < 4.78 is 48.1. The molecule has 6 heteroatoms. The first-order chi connectivity index (χ1) is 7.86. The van der Waals surface area contributed by atoms with Crippen molar-refractivity contribution in [3.8, 4) is 0 Å². The third-order valence-corrected chi connectivity index (χ3v) is 4.74. The second-order valence-corrected chi connectivity index (χ2v) is 6.84. The van der Waals surface area contributed by atoms with E-state index in [1.807, 2.05) is 0 Å². The molecule has 0 bridgehead atoms. The Labute approximate surface area is 103 Å². The van der Waals surface area contributed by atoms with E-state index in [1.54, 1.807) is 0 Å². The molecular weight excluding hydrogens is 270 g/mol. The third-order valence-electron chi connectivity index (χ3n) is 3.37. The molecule has 0 N–H and O–H groups in total. The Bertz CT molecular complexity index is 507. The van der Waals surface area contributed by atoms with Crippen molar-refractivity contribution in [2.45, 2.75) is 36.0 Å². The van der Waals surface area contributed by atoms with Gasteiger partial charge >= 0.3 is 0 Å². The SMILES string of the molecule is O=S(=O)(Cl)c1ccc(C2(C(F)F)CCC2)cc1. The van der Waals surface area contributed by atoms with Crippen LogP contribution in [0.15, 0.2) is 29.2 Å². The molecule has 0 amide bonds. The van der Waals surface area contributed by atoms with Gasteiger partial charge in [-0.1, -0.05) is 18.6 Å². The minimum Gasteiger partial charge on any atom is -0.210 e. The second kappa shape index (κ2) is 4.21. The van der Waals surface area contributed by atoms with Crippen molar-refractivity contribution < 1.29 is 17.2 Å². The van der Waals surface area contributed by atoms with Gasteiger partial charge in [-0.25, -0.2) is 17.2 Å². The molecule has 1 aromatic rings. The molecule has 0 spiro atoms. The Hall–Kier alpha value is -0.680. The maximum absolute atomic E-state index is 13.0. The van der Waals surface area contributed by atoms with Crippen LogP contribution in [0.2, 0.25) is 0 Å². The van der Waals surface area contributed by atoms with Crippen LogP contribution in [-0.4, -0.2) is 14.8 Å². The van der Waals surface area contributed by atoms with Crippen molar-refractivity contribution in [3.05, 3.63) is 29.8 Å². The standard InChI is InChI=1S/C11H11ClF2O2S/c12-17(15,16)9-4-2-8(3-5-9)11(10(13)14)6-1-7-11/h2-5,10H,1,6-7H2. The summed E-state index contributed by atoms with van der Waals surface area (Å²) >= 11 is 0. The van der Waals surface area contributed by atoms with Crippen molar-refractivity contribution in [3.63, 3.8) is 0 Å². The molecule has 0 atom stereocenters. The molecule has 0 radical (unpaired) electrons. The topological polar surface area (TPSA) is 34.1 Å². The lowest BCUT2D eigenvalue weighted by Crippen LogP contribution is -2.41. The Morgan fingerprint density at radius 3 is 2.00 bits per heavy atom. The maximum atomic E-state index is 13.0. The van der Waals surface area contributed by atoms with E-state index >= 15 is 0 Å². The Balaban J connectivity index is 2.36. The van der Waals surface area contributed by atoms with Crippen molar-refractivity contribution >= 4 is 19.7 Å². The zero-order valence-electron chi connectivity index (χ0n) is 8.87. The summed E-state index contributed by atoms with van der Waals surface area (Å²) in [5, 5.41) is 0. The average Bonchev–Trinajstić information content (AvgIpc) is 2.14. The molecule has 1 fully saturated rings. The van der Waals surface area contributed by atoms with Crippen LogP contribution >= 0.6 is 10.7 Å². The number of alkyl halides is 2. The first kappa shape index (κ1) is 12.8. The quantitative estimate of drug-likeness (QED) is 0.796. The normalized spacial score (nSPS) is 19.1. The van der Waals surface area contributed by atoms with Crippen LogP contribution in [0.25, 0.3) is 0 Å². The summed E-state index contributed by atoms with van der Waals surface area (Å²) in [5.74, 6) is 0. The molecule has 1 aliphatic carbocycles. The summed E-state index contributed by atoms with van der Waals surface area (Å²) in [4.78, 5) is -0.0633. The van der Waals surface area contributed by atoms with Crippen LogP contribution in [0.5, 0.6) is 0 Å². The van der Waals surface area contributed by atoms with Crippen LogP contribution in [-0.2, 0) is 14.5 Å². The van der Waals surface area contributed by atoms with Gasteiger partial charge in [0.1, 0.15) is 0 Å². The van der Waals surface area contributed by atoms with Gasteiger partial charge in [-0.05, 0) is 30.5 Å². The highest BCUT2D eigenvalue weighted by molar-refractivity contribution is 8.13. The number of hydrogen-bond acceptors (Lipinski definition) is 2. The van der Waals surface area contributed by atoms with Gasteiger partial charge in [-0.2, -0.15) is 0 Å². The van der Waals surface area contributed by atoms with Crippen LogP contribution < -0.4 is 0 Å². The van der Waals surface area contributed by atoms with E-state index in [2.05, 4.69) is 0 Å². The summed E-state index contributed by atoms with van der Waals surface area (Å²) in [6.45, 7) is 0. The molecule has 1 aromatic carbocycles. The smallest absolute Gasteiger partial charge is 0.210 e. The van der Waals surface area contributed by atoms with E-state index in [0.717, 1.165) is 6.42 Å². The number of halogens is 3. The van der Waals surface area contributed by atoms with E-state index in [0.29, 0.717) is 18.4 Å². The molecular formula is C11H11ClF2O2S. The van der Waals surface area contributed by atoms with E-state index in [-0.39, 0.29) is 4.90 Å². The first-order valence-electron chi connectivity index (χ1n) is 5.20. The van der Waals surface area contributed by atoms with Gasteiger partial charge in [0.25, 0.3) is 9.05 Å². The Morgan fingerprint density at radius 1 is 1.18 bits per heavy atom. The largest absolute Gasteiger partial charge is 0.261 e. The maximum Gasteiger partial charge on any atom is 0.261 e. The van der Waals surface area contributed by atoms with Gasteiger partial charge in [0.2, 0.25) is 6.43 Å². The van der Waals surface area contributed by atoms with Crippen LogP contribution in [0.4, 0.5) is 8.78 Å². The number of benzene rings is 1. The molecule has 1 saturated carbocycles. The van der Waals surface area contributed by atoms with E-state index in [4.69, 9.17) is 10.7 Å². The van der Waals surface area contributed by atoms with Crippen molar-refractivity contribution in [2.24, 2.45) is 0 Å². The molecule has 0 unspecified atom stereocenters. The summed E-state index contributed by atoms with van der Waals surface area (Å²) in [6.07, 6.45) is -0.760. The van der Waals surface area contributed by atoms with Gasteiger partial charge in [0.15, 0.2) is 0 Å². The van der Waals surface area contributed by atoms with Gasteiger partial charge in [0, 0.05) is 10.7 Å². The molecule has 2 rings (SSSR count). The monoisotopic (exact) mass is 280 g/mol. The van der Waals surface area contributed by atoms with Crippen LogP contribution in [0.1, 0.15) is 24.8 Å². The Kier molecular flexibility index (Phi) is 3.16. The predicted molar refractivity (Wildman–Crippen MR) is 61.0 cm³/mol. The van der Waals surface area contributed by atoms with Gasteiger partial charge in [0.05, 0.1) is 10.3 Å². The Morgan fingerprint density at radius 2 is 1.71 bits per heavy atom. The highest BCUT2D eigenvalue weighted by Crippen LogP contribution is 2.48. The number of rotatable bonds is 3. The molecule has 2 nitrogen and oxygen atoms in total. The van der Waals surface area contributed by atoms with Gasteiger partial charge in [-0.15, -0.1) is 0 Å². The predicted octanol–water partition coefficient (Wildman–Crippen LogP) is 3.30. The molecule has 94 valence electrons. The van der Waals surface area contributed by atoms with Crippen LogP contribution in [0, 0.1) is 0 Å². The van der Waals surface area contributed by atoms with E-state index in [1.165, 1.54) is 24.3 Å². The van der Waals surface area contributed by atoms with Gasteiger partial charge in [-0.3, -0.25) is 0 Å². The zero-order chi connectivity index (χ0) is 12.7. The third kappa shape index (κ3) is 2.18. The minimum absolute atomic E-state index is 0.0633. The number of hydrogen-bond donors (Lipinski definition) is 0. The molecule has 17 heavy (non-hydrogen) atoms. The van der Waals surface area contributed by atoms with Crippen molar-refractivity contribution in [2.75, 3.05) is 0 Å². The van der Waals surface area contributed by atoms with E-state index < -0.39 is 20.9 Å². The fraction of sp³-hybridized carbons (Fsp3) is 0.455. The summed E-state index contributed by atoms with van der Waals surface area (Å²) in [6, 6.07) is 5.42. The van der Waals surface area contributed by atoms with Gasteiger partial charge < -0.3 is 0 Å². The zero-order valence-corrected chi connectivity index (χ0v) is 10.4. The molecule has 0 saturated heterocycles. The van der Waals surface area contributed by atoms with Crippen molar-refractivity contribution in [1.82, 2.24) is 0 Å². The summed E-state index contributed by atoms with van der Waals surface area (Å²) in [7, 11) is 1.37. The summed E-state index contributed by atoms with van der Waals surface area (Å²) in [5.41, 5.74) is -0.600. The highest BCUT2D eigenvalue weighted by atomic mass is 35.7. The van der Waals surface area contributed by atoms with Crippen LogP contribution in [0.3, 0.4) is 0 Å². The fourth-order valence-corrected chi connectivity index (χ4v) is 2.91.